The van der Waals surface area contributed by atoms with Crippen molar-refractivity contribution in [3.05, 3.63) is 0 Å². The summed E-state index contributed by atoms with van der Waals surface area (Å²) in [6.07, 6.45) is 11.5. The molecule has 0 aromatic heterocycles. The van der Waals surface area contributed by atoms with E-state index in [1.54, 1.807) is 0 Å². The van der Waals surface area contributed by atoms with Crippen LogP contribution >= 0.6 is 0 Å². The summed E-state index contributed by atoms with van der Waals surface area (Å²) in [5, 5.41) is 3.36. The van der Waals surface area contributed by atoms with Gasteiger partial charge in [0, 0.05) is 24.5 Å². The van der Waals surface area contributed by atoms with E-state index >= 15 is 0 Å². The Morgan fingerprint density at radius 3 is 2.67 bits per heavy atom. The molecule has 3 heteroatoms. The average molecular weight is 291 g/mol. The Morgan fingerprint density at radius 1 is 1.24 bits per heavy atom. The highest BCUT2D eigenvalue weighted by atomic mass is 16.5. The lowest BCUT2D eigenvalue weighted by atomic mass is 9.51. The summed E-state index contributed by atoms with van der Waals surface area (Å²) in [6.45, 7) is 2.88. The molecule has 2 bridgehead atoms. The molecule has 0 saturated heterocycles. The Labute approximate surface area is 128 Å². The number of nitrogens with one attached hydrogen (secondary N) is 1. The molecule has 4 rings (SSSR count). The van der Waals surface area contributed by atoms with Crippen LogP contribution in [0.2, 0.25) is 0 Å². The molecule has 0 aromatic carbocycles. The predicted molar refractivity (Wildman–Crippen MR) is 81.8 cm³/mol. The Kier molecular flexibility index (Phi) is 3.52. The number of carbonyl (C=O) groups excluding carboxylic acids is 1. The van der Waals surface area contributed by atoms with Gasteiger partial charge in [0.15, 0.2) is 0 Å². The van der Waals surface area contributed by atoms with Crippen LogP contribution in [0.3, 0.4) is 0 Å². The Hall–Kier alpha value is -0.570. The number of amides is 1. The minimum absolute atomic E-state index is 0.306. The van der Waals surface area contributed by atoms with Crippen LogP contribution in [0.1, 0.15) is 64.7 Å². The number of hydrogen-bond donors (Lipinski definition) is 1. The van der Waals surface area contributed by atoms with Crippen LogP contribution in [0.5, 0.6) is 0 Å². The van der Waals surface area contributed by atoms with Crippen molar-refractivity contribution < 1.29 is 9.53 Å². The van der Waals surface area contributed by atoms with Gasteiger partial charge in [0.05, 0.1) is 6.10 Å². The number of carbonyl (C=O) groups is 1. The molecule has 1 spiro atoms. The van der Waals surface area contributed by atoms with Crippen LogP contribution in [0.25, 0.3) is 0 Å². The summed E-state index contributed by atoms with van der Waals surface area (Å²) >= 11 is 0. The molecule has 4 aliphatic carbocycles. The fourth-order valence-electron chi connectivity index (χ4n) is 5.76. The first-order chi connectivity index (χ1) is 10.2. The second kappa shape index (κ2) is 5.26. The molecule has 5 atom stereocenters. The zero-order valence-corrected chi connectivity index (χ0v) is 13.3. The van der Waals surface area contributed by atoms with E-state index in [1.165, 1.54) is 44.9 Å². The van der Waals surface area contributed by atoms with Crippen LogP contribution in [0.4, 0.5) is 0 Å². The van der Waals surface area contributed by atoms with Crippen molar-refractivity contribution in [2.45, 2.75) is 76.9 Å². The Morgan fingerprint density at radius 2 is 2.10 bits per heavy atom. The van der Waals surface area contributed by atoms with Gasteiger partial charge in [0.1, 0.15) is 0 Å². The van der Waals surface area contributed by atoms with Crippen molar-refractivity contribution in [1.82, 2.24) is 5.32 Å². The second-order valence-corrected chi connectivity index (χ2v) is 8.03. The highest BCUT2D eigenvalue weighted by Crippen LogP contribution is 2.57. The lowest BCUT2D eigenvalue weighted by Gasteiger charge is -2.61. The fourth-order valence-corrected chi connectivity index (χ4v) is 5.76. The van der Waals surface area contributed by atoms with E-state index in [4.69, 9.17) is 4.74 Å². The van der Waals surface area contributed by atoms with Gasteiger partial charge >= 0.3 is 0 Å². The SMILES string of the molecule is CCO[C@@H]1C[C@H](NC(=O)C[C@H]2C[C@H]3CC[C@H]2C3)C12CCC2. The molecule has 1 N–H and O–H groups in total. The summed E-state index contributed by atoms with van der Waals surface area (Å²) in [7, 11) is 0. The topological polar surface area (TPSA) is 38.3 Å². The minimum Gasteiger partial charge on any atom is -0.378 e. The normalized spacial score (nSPS) is 42.6. The van der Waals surface area contributed by atoms with Crippen molar-refractivity contribution >= 4 is 5.91 Å². The zero-order valence-electron chi connectivity index (χ0n) is 13.3. The van der Waals surface area contributed by atoms with Crippen LogP contribution in [-0.2, 0) is 9.53 Å². The first-order valence-electron chi connectivity index (χ1n) is 9.12. The van der Waals surface area contributed by atoms with E-state index in [9.17, 15) is 4.79 Å². The number of ether oxygens (including phenoxy) is 1. The van der Waals surface area contributed by atoms with Gasteiger partial charge < -0.3 is 10.1 Å². The number of rotatable bonds is 5. The lowest BCUT2D eigenvalue weighted by Crippen LogP contribution is -2.67. The molecule has 0 aliphatic heterocycles. The molecule has 0 unspecified atom stereocenters. The van der Waals surface area contributed by atoms with Gasteiger partial charge in [-0.1, -0.05) is 12.8 Å². The molecule has 0 radical (unpaired) electrons. The molecule has 118 valence electrons. The summed E-state index contributed by atoms with van der Waals surface area (Å²) in [5.74, 6) is 2.80. The Balaban J connectivity index is 1.29. The first-order valence-corrected chi connectivity index (χ1v) is 9.12. The summed E-state index contributed by atoms with van der Waals surface area (Å²) < 4.78 is 5.87. The smallest absolute Gasteiger partial charge is 0.220 e. The average Bonchev–Trinajstić information content (AvgIpc) is 2.97. The monoisotopic (exact) mass is 291 g/mol. The molecular weight excluding hydrogens is 262 g/mol. The summed E-state index contributed by atoms with van der Waals surface area (Å²) in [5.41, 5.74) is 0.306. The molecule has 21 heavy (non-hydrogen) atoms. The molecule has 1 amide bonds. The molecule has 0 aromatic rings. The van der Waals surface area contributed by atoms with E-state index in [0.29, 0.717) is 29.4 Å². The van der Waals surface area contributed by atoms with Gasteiger partial charge in [0.25, 0.3) is 0 Å². The van der Waals surface area contributed by atoms with Crippen molar-refractivity contribution in [3.8, 4) is 0 Å². The second-order valence-electron chi connectivity index (χ2n) is 8.03. The fraction of sp³-hybridized carbons (Fsp3) is 0.944. The summed E-state index contributed by atoms with van der Waals surface area (Å²) in [6, 6.07) is 0.397. The van der Waals surface area contributed by atoms with Crippen LogP contribution < -0.4 is 5.32 Å². The van der Waals surface area contributed by atoms with E-state index in [-0.39, 0.29) is 0 Å². The van der Waals surface area contributed by atoms with Crippen LogP contribution in [0.15, 0.2) is 0 Å². The molecular formula is C18H29NO2. The first kappa shape index (κ1) is 14.0. The van der Waals surface area contributed by atoms with Gasteiger partial charge in [-0.2, -0.15) is 0 Å². The highest BCUT2D eigenvalue weighted by molar-refractivity contribution is 5.77. The van der Waals surface area contributed by atoms with Gasteiger partial charge in [-0.25, -0.2) is 0 Å². The van der Waals surface area contributed by atoms with Gasteiger partial charge in [0.2, 0.25) is 5.91 Å². The van der Waals surface area contributed by atoms with Crippen molar-refractivity contribution in [2.24, 2.45) is 23.2 Å². The maximum Gasteiger partial charge on any atom is 0.220 e. The van der Waals surface area contributed by atoms with Crippen LogP contribution in [-0.4, -0.2) is 24.7 Å². The maximum atomic E-state index is 12.4. The highest BCUT2D eigenvalue weighted by Gasteiger charge is 2.59. The number of fused-ring (bicyclic) bond motifs is 2. The van der Waals surface area contributed by atoms with E-state index in [0.717, 1.165) is 31.3 Å². The standard InChI is InChI=1S/C18H29NO2/c1-2-21-16-11-15(18(16)6-3-7-18)19-17(20)10-14-9-12-4-5-13(14)8-12/h12-16H,2-11H2,1H3,(H,19,20)/t12-,13-,14+,15-,16+/m0/s1. The van der Waals surface area contributed by atoms with E-state index in [1.807, 2.05) is 0 Å². The number of hydrogen-bond acceptors (Lipinski definition) is 2. The van der Waals surface area contributed by atoms with Crippen molar-refractivity contribution in [3.63, 3.8) is 0 Å². The zero-order chi connectivity index (χ0) is 14.4. The van der Waals surface area contributed by atoms with Crippen molar-refractivity contribution in [1.29, 1.82) is 0 Å². The molecule has 4 fully saturated rings. The predicted octanol–water partition coefficient (Wildman–Crippen LogP) is 3.28. The molecule has 3 nitrogen and oxygen atoms in total. The quantitative estimate of drug-likeness (QED) is 0.844. The third-order valence-electron chi connectivity index (χ3n) is 7.10. The van der Waals surface area contributed by atoms with Gasteiger partial charge in [-0.3, -0.25) is 4.79 Å². The minimum atomic E-state index is 0.306. The molecule has 0 heterocycles. The van der Waals surface area contributed by atoms with Gasteiger partial charge in [-0.15, -0.1) is 0 Å². The van der Waals surface area contributed by atoms with Gasteiger partial charge in [-0.05, 0) is 63.2 Å². The summed E-state index contributed by atoms with van der Waals surface area (Å²) in [4.78, 5) is 12.4. The van der Waals surface area contributed by atoms with E-state index in [2.05, 4.69) is 12.2 Å². The third kappa shape index (κ3) is 2.23. The maximum absolute atomic E-state index is 12.4. The lowest BCUT2D eigenvalue weighted by molar-refractivity contribution is -0.176. The molecule has 4 saturated carbocycles. The largest absolute Gasteiger partial charge is 0.378 e. The van der Waals surface area contributed by atoms with E-state index < -0.39 is 0 Å². The Bertz CT molecular complexity index is 417. The van der Waals surface area contributed by atoms with Crippen LogP contribution in [0, 0.1) is 23.2 Å². The third-order valence-corrected chi connectivity index (χ3v) is 7.10. The molecule has 4 aliphatic rings. The van der Waals surface area contributed by atoms with Crippen molar-refractivity contribution in [2.75, 3.05) is 6.61 Å².